The Kier molecular flexibility index (Phi) is 5.46. The lowest BCUT2D eigenvalue weighted by Gasteiger charge is -2.15. The maximum absolute atomic E-state index is 6.21. The number of fused-ring (bicyclic) bond motifs is 1. The van der Waals surface area contributed by atoms with Crippen LogP contribution in [0.5, 0.6) is 11.5 Å². The van der Waals surface area contributed by atoms with Gasteiger partial charge in [0.25, 0.3) is 0 Å². The highest BCUT2D eigenvalue weighted by Gasteiger charge is 2.11. The lowest BCUT2D eigenvalue weighted by molar-refractivity contribution is 0.290. The van der Waals surface area contributed by atoms with E-state index in [2.05, 4.69) is 37.3 Å². The molecule has 1 aromatic heterocycles. The standard InChI is InChI=1S/C20H21BO2S/c1-3-4-9-23-20-17(21)11-14(12-18(20)22-2)10-16-13-15-7-5-6-8-19(15)24-16/h5-8,11-13H,3-4,9-10H2,1-2H3. The molecule has 0 aliphatic rings. The lowest BCUT2D eigenvalue weighted by atomic mass is 9.91. The van der Waals surface area contributed by atoms with Gasteiger partial charge in [0, 0.05) is 16.0 Å². The molecule has 3 rings (SSSR count). The third kappa shape index (κ3) is 3.76. The molecule has 0 atom stereocenters. The Morgan fingerprint density at radius 3 is 2.71 bits per heavy atom. The zero-order chi connectivity index (χ0) is 16.9. The molecule has 4 heteroatoms. The fourth-order valence-corrected chi connectivity index (χ4v) is 3.83. The summed E-state index contributed by atoms with van der Waals surface area (Å²) >= 11 is 1.82. The Hall–Kier alpha value is -1.94. The number of thiophene rings is 1. The summed E-state index contributed by atoms with van der Waals surface area (Å²) in [5.41, 5.74) is 1.78. The SMILES string of the molecule is [B]c1cc(Cc2cc3ccccc3s2)cc(OC)c1OCCCC. The summed E-state index contributed by atoms with van der Waals surface area (Å²) in [5, 5.41) is 1.29. The summed E-state index contributed by atoms with van der Waals surface area (Å²) in [6.07, 6.45) is 2.94. The molecule has 0 N–H and O–H groups in total. The van der Waals surface area contributed by atoms with Gasteiger partial charge in [-0.2, -0.15) is 0 Å². The first-order chi connectivity index (χ1) is 11.7. The van der Waals surface area contributed by atoms with E-state index in [9.17, 15) is 0 Å². The van der Waals surface area contributed by atoms with Gasteiger partial charge in [-0.1, -0.05) is 43.1 Å². The van der Waals surface area contributed by atoms with E-state index < -0.39 is 0 Å². The zero-order valence-corrected chi connectivity index (χ0v) is 15.0. The van der Waals surface area contributed by atoms with Crippen molar-refractivity contribution in [2.45, 2.75) is 26.2 Å². The summed E-state index contributed by atoms with van der Waals surface area (Å²) in [4.78, 5) is 1.32. The molecule has 0 bridgehead atoms. The second-order valence-electron chi connectivity index (χ2n) is 5.85. The van der Waals surface area contributed by atoms with Crippen LogP contribution in [0.25, 0.3) is 10.1 Å². The molecule has 0 spiro atoms. The minimum Gasteiger partial charge on any atom is -0.493 e. The van der Waals surface area contributed by atoms with Crippen LogP contribution in [0.4, 0.5) is 0 Å². The molecule has 3 aromatic rings. The van der Waals surface area contributed by atoms with Crippen molar-refractivity contribution in [2.75, 3.05) is 13.7 Å². The number of unbranched alkanes of at least 4 members (excludes halogenated alkanes) is 1. The number of methoxy groups -OCH3 is 1. The van der Waals surface area contributed by atoms with Gasteiger partial charge < -0.3 is 9.47 Å². The van der Waals surface area contributed by atoms with Gasteiger partial charge in [-0.3, -0.25) is 0 Å². The van der Waals surface area contributed by atoms with Gasteiger partial charge in [0.2, 0.25) is 0 Å². The van der Waals surface area contributed by atoms with Gasteiger partial charge in [-0.05, 0) is 35.6 Å². The minimum atomic E-state index is 0.640. The minimum absolute atomic E-state index is 0.640. The molecule has 0 aliphatic heterocycles. The molecule has 2 aromatic carbocycles. The molecule has 1 heterocycles. The van der Waals surface area contributed by atoms with Crippen LogP contribution in [0.15, 0.2) is 42.5 Å². The van der Waals surface area contributed by atoms with Gasteiger partial charge in [0.1, 0.15) is 7.85 Å². The lowest BCUT2D eigenvalue weighted by Crippen LogP contribution is -2.13. The molecule has 0 saturated carbocycles. The summed E-state index contributed by atoms with van der Waals surface area (Å²) < 4.78 is 12.6. The smallest absolute Gasteiger partial charge is 0.160 e. The maximum atomic E-state index is 6.21. The molecule has 2 nitrogen and oxygen atoms in total. The highest BCUT2D eigenvalue weighted by Crippen LogP contribution is 2.30. The van der Waals surface area contributed by atoms with E-state index in [1.54, 1.807) is 7.11 Å². The van der Waals surface area contributed by atoms with E-state index in [1.165, 1.54) is 15.0 Å². The van der Waals surface area contributed by atoms with E-state index in [1.807, 2.05) is 23.5 Å². The van der Waals surface area contributed by atoms with Crippen LogP contribution >= 0.6 is 11.3 Å². The first-order valence-electron chi connectivity index (χ1n) is 8.28. The Morgan fingerprint density at radius 2 is 1.96 bits per heavy atom. The molecule has 0 aliphatic carbocycles. The predicted octanol–water partition coefficient (Wildman–Crippen LogP) is 4.47. The Labute approximate surface area is 148 Å². The fraction of sp³-hybridized carbons (Fsp3) is 0.300. The van der Waals surface area contributed by atoms with Gasteiger partial charge in [-0.15, -0.1) is 11.3 Å². The van der Waals surface area contributed by atoms with Gasteiger partial charge in [0.15, 0.2) is 11.5 Å². The average Bonchev–Trinajstić information content (AvgIpc) is 2.98. The Morgan fingerprint density at radius 1 is 1.12 bits per heavy atom. The van der Waals surface area contributed by atoms with Crippen LogP contribution in [0.1, 0.15) is 30.2 Å². The quantitative estimate of drug-likeness (QED) is 0.468. The first kappa shape index (κ1) is 16.9. The number of hydrogen-bond acceptors (Lipinski definition) is 3. The first-order valence-corrected chi connectivity index (χ1v) is 9.09. The number of benzene rings is 2. The maximum Gasteiger partial charge on any atom is 0.160 e. The van der Waals surface area contributed by atoms with Crippen molar-refractivity contribution in [3.63, 3.8) is 0 Å². The summed E-state index contributed by atoms with van der Waals surface area (Å²) in [7, 11) is 7.86. The molecular formula is C20H21BO2S. The third-order valence-corrected chi connectivity index (χ3v) is 5.08. The van der Waals surface area contributed by atoms with Crippen LogP contribution in [0.3, 0.4) is 0 Å². The van der Waals surface area contributed by atoms with E-state index in [4.69, 9.17) is 17.3 Å². The van der Waals surface area contributed by atoms with Crippen LogP contribution in [-0.2, 0) is 6.42 Å². The van der Waals surface area contributed by atoms with Crippen molar-refractivity contribution in [3.05, 3.63) is 52.9 Å². The van der Waals surface area contributed by atoms with Crippen molar-refractivity contribution >= 4 is 34.7 Å². The van der Waals surface area contributed by atoms with Gasteiger partial charge in [0.05, 0.1) is 13.7 Å². The van der Waals surface area contributed by atoms with Gasteiger partial charge in [-0.25, -0.2) is 0 Å². The van der Waals surface area contributed by atoms with Crippen molar-refractivity contribution < 1.29 is 9.47 Å². The number of hydrogen-bond donors (Lipinski definition) is 0. The second-order valence-corrected chi connectivity index (χ2v) is 7.01. The molecule has 122 valence electrons. The fourth-order valence-electron chi connectivity index (χ4n) is 2.74. The highest BCUT2D eigenvalue weighted by atomic mass is 32.1. The topological polar surface area (TPSA) is 18.5 Å². The molecule has 24 heavy (non-hydrogen) atoms. The highest BCUT2D eigenvalue weighted by molar-refractivity contribution is 7.19. The molecule has 0 amide bonds. The molecule has 2 radical (unpaired) electrons. The Balaban J connectivity index is 1.84. The van der Waals surface area contributed by atoms with Crippen LogP contribution in [0.2, 0.25) is 0 Å². The zero-order valence-electron chi connectivity index (χ0n) is 14.2. The molecule has 0 fully saturated rings. The van der Waals surface area contributed by atoms with Crippen molar-refractivity contribution in [3.8, 4) is 11.5 Å². The van der Waals surface area contributed by atoms with Crippen LogP contribution in [0, 0.1) is 0 Å². The average molecular weight is 336 g/mol. The van der Waals surface area contributed by atoms with Crippen LogP contribution < -0.4 is 14.9 Å². The largest absolute Gasteiger partial charge is 0.493 e. The van der Waals surface area contributed by atoms with Crippen molar-refractivity contribution in [1.29, 1.82) is 0 Å². The summed E-state index contributed by atoms with van der Waals surface area (Å²) in [5.74, 6) is 1.37. The van der Waals surface area contributed by atoms with Crippen LogP contribution in [-0.4, -0.2) is 21.6 Å². The number of rotatable bonds is 7. The van der Waals surface area contributed by atoms with E-state index in [0.717, 1.165) is 24.8 Å². The molecular weight excluding hydrogens is 315 g/mol. The Bertz CT molecular complexity index is 793. The number of ether oxygens (including phenoxy) is 2. The second kappa shape index (κ2) is 7.76. The molecule has 0 saturated heterocycles. The predicted molar refractivity (Wildman–Crippen MR) is 103 cm³/mol. The van der Waals surface area contributed by atoms with Crippen molar-refractivity contribution in [1.82, 2.24) is 0 Å². The summed E-state index contributed by atoms with van der Waals surface area (Å²) in [6, 6.07) is 14.7. The normalized spacial score (nSPS) is 10.9. The van der Waals surface area contributed by atoms with E-state index >= 15 is 0 Å². The monoisotopic (exact) mass is 336 g/mol. The van der Waals surface area contributed by atoms with Crippen molar-refractivity contribution in [2.24, 2.45) is 0 Å². The molecule has 0 unspecified atom stereocenters. The van der Waals surface area contributed by atoms with Gasteiger partial charge >= 0.3 is 0 Å². The summed E-state index contributed by atoms with van der Waals surface area (Å²) in [6.45, 7) is 2.80. The third-order valence-electron chi connectivity index (χ3n) is 3.96. The van der Waals surface area contributed by atoms with E-state index in [0.29, 0.717) is 23.6 Å². The van der Waals surface area contributed by atoms with E-state index in [-0.39, 0.29) is 0 Å².